The zero-order valence-corrected chi connectivity index (χ0v) is 20.5. The lowest BCUT2D eigenvalue weighted by Crippen LogP contribution is -2.33. The number of para-hydroxylation sites is 2. The summed E-state index contributed by atoms with van der Waals surface area (Å²) < 4.78 is 4.47. The Hall–Kier alpha value is -3.88. The van der Waals surface area contributed by atoms with Gasteiger partial charge in [-0.3, -0.25) is 14.5 Å². The second kappa shape index (κ2) is 9.29. The molecule has 1 saturated heterocycles. The molecule has 0 unspecified atom stereocenters. The average Bonchev–Trinajstić information content (AvgIpc) is 3.38. The summed E-state index contributed by atoms with van der Waals surface area (Å²) in [5, 5.41) is 0. The third-order valence-electron chi connectivity index (χ3n) is 6.83. The molecule has 180 valence electrons. The Bertz CT molecular complexity index is 1480. The van der Waals surface area contributed by atoms with Crippen LogP contribution in [0.15, 0.2) is 78.9 Å². The van der Waals surface area contributed by atoms with E-state index in [2.05, 4.69) is 4.90 Å². The minimum Gasteiger partial charge on any atom is -0.284 e. The van der Waals surface area contributed by atoms with Gasteiger partial charge in [0.15, 0.2) is 5.82 Å². The molecule has 0 radical (unpaired) electrons. The molecule has 0 bridgehead atoms. The van der Waals surface area contributed by atoms with E-state index in [4.69, 9.17) is 17.2 Å². The van der Waals surface area contributed by atoms with E-state index >= 15 is 0 Å². The molecule has 3 aromatic carbocycles. The smallest absolute Gasteiger partial charge is 0.266 e. The van der Waals surface area contributed by atoms with Gasteiger partial charge in [0.2, 0.25) is 4.77 Å². The summed E-state index contributed by atoms with van der Waals surface area (Å²) in [7, 11) is 0. The minimum absolute atomic E-state index is 0.333. The summed E-state index contributed by atoms with van der Waals surface area (Å²) in [4.78, 5) is 35.1. The maximum atomic E-state index is 13.3. The molecule has 2 aliphatic rings. The number of anilines is 1. The van der Waals surface area contributed by atoms with Crippen LogP contribution in [-0.2, 0) is 6.67 Å². The number of rotatable bonds is 5. The fourth-order valence-electron chi connectivity index (χ4n) is 5.08. The number of imide groups is 1. The van der Waals surface area contributed by atoms with Crippen molar-refractivity contribution in [1.29, 1.82) is 0 Å². The molecular weight excluding hydrogens is 470 g/mol. The highest BCUT2D eigenvalue weighted by molar-refractivity contribution is 7.71. The number of hydrogen-bond acceptors (Lipinski definition) is 5. The van der Waals surface area contributed by atoms with Gasteiger partial charge < -0.3 is 0 Å². The van der Waals surface area contributed by atoms with Crippen molar-refractivity contribution in [3.8, 4) is 17.1 Å². The topological polar surface area (TPSA) is 63.4 Å². The van der Waals surface area contributed by atoms with E-state index in [1.54, 1.807) is 30.3 Å². The van der Waals surface area contributed by atoms with Crippen molar-refractivity contribution < 1.29 is 9.59 Å². The Balaban J connectivity index is 1.51. The van der Waals surface area contributed by atoms with Crippen molar-refractivity contribution in [2.45, 2.75) is 25.9 Å². The molecule has 0 atom stereocenters. The molecular formula is C28H25N5O2S. The lowest BCUT2D eigenvalue weighted by molar-refractivity contribution is 0.0926. The number of hydrogen-bond donors (Lipinski definition) is 0. The highest BCUT2D eigenvalue weighted by Gasteiger charge is 2.38. The molecule has 1 fully saturated rings. The molecule has 1 aromatic heterocycles. The quantitative estimate of drug-likeness (QED) is 0.277. The molecule has 0 N–H and O–H groups in total. The lowest BCUT2D eigenvalue weighted by atomic mass is 10.1. The van der Waals surface area contributed by atoms with Gasteiger partial charge in [0.05, 0.1) is 29.2 Å². The Morgan fingerprint density at radius 1 is 0.722 bits per heavy atom. The van der Waals surface area contributed by atoms with E-state index < -0.39 is 0 Å². The van der Waals surface area contributed by atoms with E-state index in [0.717, 1.165) is 18.8 Å². The predicted octanol–water partition coefficient (Wildman–Crippen LogP) is 5.31. The predicted molar refractivity (Wildman–Crippen MR) is 141 cm³/mol. The average molecular weight is 496 g/mol. The number of benzene rings is 3. The summed E-state index contributed by atoms with van der Waals surface area (Å²) in [5.41, 5.74) is 2.89. The van der Waals surface area contributed by atoms with Gasteiger partial charge in [-0.2, -0.15) is 4.98 Å². The molecule has 36 heavy (non-hydrogen) atoms. The van der Waals surface area contributed by atoms with Crippen LogP contribution >= 0.6 is 12.2 Å². The number of likely N-dealkylation sites (tertiary alicyclic amines) is 1. The molecule has 7 nitrogen and oxygen atoms in total. The number of nitrogens with zero attached hydrogens (tertiary/aromatic N) is 5. The van der Waals surface area contributed by atoms with Crippen molar-refractivity contribution in [3.05, 3.63) is 94.8 Å². The Morgan fingerprint density at radius 2 is 1.31 bits per heavy atom. The number of fused-ring (bicyclic) bond motifs is 1. The van der Waals surface area contributed by atoms with E-state index in [0.29, 0.717) is 39.6 Å². The molecule has 4 aromatic rings. The number of amides is 2. The Labute approximate surface area is 214 Å². The fraction of sp³-hybridized carbons (Fsp3) is 0.214. The molecule has 0 aliphatic carbocycles. The molecule has 0 spiro atoms. The van der Waals surface area contributed by atoms with Crippen molar-refractivity contribution in [3.63, 3.8) is 0 Å². The van der Waals surface area contributed by atoms with Gasteiger partial charge >= 0.3 is 0 Å². The maximum absolute atomic E-state index is 13.3. The molecule has 2 aliphatic heterocycles. The van der Waals surface area contributed by atoms with E-state index in [1.807, 2.05) is 57.9 Å². The lowest BCUT2D eigenvalue weighted by Gasteiger charge is -2.28. The van der Waals surface area contributed by atoms with Gasteiger partial charge in [-0.15, -0.1) is 0 Å². The SMILES string of the molecule is O=C1c2ccccc2C(=O)N1c1ccccc1-c1nc(=S)n(CN2CCCCC2)n1-c1ccccc1. The van der Waals surface area contributed by atoms with Crippen LogP contribution in [0.2, 0.25) is 0 Å². The van der Waals surface area contributed by atoms with Gasteiger partial charge in [0.1, 0.15) is 0 Å². The van der Waals surface area contributed by atoms with Crippen LogP contribution in [0, 0.1) is 4.77 Å². The highest BCUT2D eigenvalue weighted by atomic mass is 32.1. The first-order valence-electron chi connectivity index (χ1n) is 12.2. The first-order valence-corrected chi connectivity index (χ1v) is 12.6. The summed E-state index contributed by atoms with van der Waals surface area (Å²) in [5.74, 6) is -0.0725. The summed E-state index contributed by atoms with van der Waals surface area (Å²) in [6.45, 7) is 2.65. The van der Waals surface area contributed by atoms with Gasteiger partial charge in [0, 0.05) is 5.56 Å². The summed E-state index contributed by atoms with van der Waals surface area (Å²) in [6.07, 6.45) is 3.59. The number of carbonyl (C=O) groups excluding carboxylic acids is 2. The van der Waals surface area contributed by atoms with E-state index in [-0.39, 0.29) is 11.8 Å². The van der Waals surface area contributed by atoms with Crippen LogP contribution in [0.1, 0.15) is 40.0 Å². The molecule has 6 rings (SSSR count). The zero-order valence-electron chi connectivity index (χ0n) is 19.7. The molecule has 8 heteroatoms. The first-order chi connectivity index (χ1) is 17.6. The van der Waals surface area contributed by atoms with Crippen LogP contribution in [0.4, 0.5) is 5.69 Å². The monoisotopic (exact) mass is 495 g/mol. The van der Waals surface area contributed by atoms with E-state index in [9.17, 15) is 9.59 Å². The number of carbonyl (C=O) groups is 2. The molecule has 0 saturated carbocycles. The van der Waals surface area contributed by atoms with Gasteiger partial charge in [-0.25, -0.2) is 14.3 Å². The largest absolute Gasteiger partial charge is 0.284 e. The second-order valence-corrected chi connectivity index (χ2v) is 9.46. The Kier molecular flexibility index (Phi) is 5.83. The number of aromatic nitrogens is 3. The van der Waals surface area contributed by atoms with Gasteiger partial charge in [-0.05, 0) is 74.5 Å². The zero-order chi connectivity index (χ0) is 24.6. The van der Waals surface area contributed by atoms with Gasteiger partial charge in [0.25, 0.3) is 11.8 Å². The first kappa shape index (κ1) is 22.6. The third-order valence-corrected chi connectivity index (χ3v) is 7.13. The standard InChI is InChI=1S/C28H25N5O2S/c34-26-21-13-5-6-14-22(21)27(35)32(26)24-16-8-7-15-23(24)25-29-28(36)31(19-30-17-9-2-10-18-30)33(25)20-11-3-1-4-12-20/h1,3-8,11-16H,2,9-10,17-19H2. The third kappa shape index (κ3) is 3.79. The number of piperidine rings is 1. The van der Waals surface area contributed by atoms with Crippen LogP contribution in [0.3, 0.4) is 0 Å². The molecule has 3 heterocycles. The maximum Gasteiger partial charge on any atom is 0.266 e. The van der Waals surface area contributed by atoms with Crippen molar-refractivity contribution in [2.75, 3.05) is 18.0 Å². The van der Waals surface area contributed by atoms with Crippen molar-refractivity contribution >= 4 is 29.7 Å². The van der Waals surface area contributed by atoms with E-state index in [1.165, 1.54) is 24.2 Å². The second-order valence-electron chi connectivity index (χ2n) is 9.09. The summed E-state index contributed by atoms with van der Waals surface area (Å²) in [6, 6.07) is 24.3. The Morgan fingerprint density at radius 3 is 1.97 bits per heavy atom. The van der Waals surface area contributed by atoms with Gasteiger partial charge in [-0.1, -0.05) is 48.9 Å². The van der Waals surface area contributed by atoms with Crippen LogP contribution in [0.25, 0.3) is 17.1 Å². The van der Waals surface area contributed by atoms with Crippen molar-refractivity contribution in [1.82, 2.24) is 19.2 Å². The van der Waals surface area contributed by atoms with Crippen LogP contribution < -0.4 is 4.90 Å². The summed E-state index contributed by atoms with van der Waals surface area (Å²) >= 11 is 5.77. The minimum atomic E-state index is -0.333. The van der Waals surface area contributed by atoms with Crippen molar-refractivity contribution in [2.24, 2.45) is 0 Å². The normalized spacial score (nSPS) is 15.9. The van der Waals surface area contributed by atoms with Crippen LogP contribution in [-0.4, -0.2) is 44.2 Å². The fourth-order valence-corrected chi connectivity index (χ4v) is 5.31. The van der Waals surface area contributed by atoms with Crippen LogP contribution in [0.5, 0.6) is 0 Å². The molecule has 2 amide bonds. The highest BCUT2D eigenvalue weighted by Crippen LogP contribution is 2.36.